The van der Waals surface area contributed by atoms with Crippen molar-refractivity contribution in [1.82, 2.24) is 9.97 Å². The van der Waals surface area contributed by atoms with Gasteiger partial charge >= 0.3 is 0 Å². The lowest BCUT2D eigenvalue weighted by Gasteiger charge is -2.37. The number of nitrogens with zero attached hydrogens (tertiary/aromatic N) is 4. The summed E-state index contributed by atoms with van der Waals surface area (Å²) in [6.07, 6.45) is 1.58. The number of aromatic nitrogens is 2. The van der Waals surface area contributed by atoms with Crippen molar-refractivity contribution in [2.45, 2.75) is 13.0 Å². The summed E-state index contributed by atoms with van der Waals surface area (Å²) in [5.74, 6) is 1.46. The Bertz CT molecular complexity index is 957. The maximum atomic E-state index is 6.45. The maximum Gasteiger partial charge on any atom is 0.157 e. The van der Waals surface area contributed by atoms with E-state index in [0.29, 0.717) is 11.5 Å². The fraction of sp³-hybridized carbons (Fsp3) is 0.273. The molecule has 1 saturated heterocycles. The Balaban J connectivity index is 1.45. The van der Waals surface area contributed by atoms with Gasteiger partial charge in [-0.05, 0) is 30.7 Å². The quantitative estimate of drug-likeness (QED) is 0.659. The first kappa shape index (κ1) is 19.3. The number of hydrogen-bond acceptors (Lipinski definition) is 6. The number of halogens is 1. The van der Waals surface area contributed by atoms with E-state index in [-0.39, 0.29) is 6.04 Å². The molecule has 1 aliphatic rings. The summed E-state index contributed by atoms with van der Waals surface area (Å²) in [6, 6.07) is 18.3. The smallest absolute Gasteiger partial charge is 0.157 e. The van der Waals surface area contributed by atoms with E-state index in [4.69, 9.17) is 17.3 Å². The van der Waals surface area contributed by atoms with Crippen LogP contribution < -0.4 is 20.9 Å². The van der Waals surface area contributed by atoms with Gasteiger partial charge in [0.05, 0.1) is 6.04 Å². The van der Waals surface area contributed by atoms with Crippen LogP contribution in [0.25, 0.3) is 0 Å². The summed E-state index contributed by atoms with van der Waals surface area (Å²) in [7, 11) is 0. The maximum absolute atomic E-state index is 6.45. The number of nitrogens with one attached hydrogen (secondary N) is 1. The molecule has 29 heavy (non-hydrogen) atoms. The van der Waals surface area contributed by atoms with Crippen molar-refractivity contribution in [1.29, 1.82) is 0 Å². The van der Waals surface area contributed by atoms with Gasteiger partial charge in [0.15, 0.2) is 11.6 Å². The first-order valence-corrected chi connectivity index (χ1v) is 10.2. The fourth-order valence-corrected chi connectivity index (χ4v) is 3.82. The van der Waals surface area contributed by atoms with Gasteiger partial charge in [0.2, 0.25) is 0 Å². The van der Waals surface area contributed by atoms with Crippen LogP contribution in [0.15, 0.2) is 60.9 Å². The van der Waals surface area contributed by atoms with E-state index in [1.165, 1.54) is 5.56 Å². The molecule has 3 N–H and O–H groups in total. The molecular formula is C22H25ClN6. The minimum Gasteiger partial charge on any atom is -0.393 e. The van der Waals surface area contributed by atoms with Crippen LogP contribution in [0.2, 0.25) is 5.02 Å². The number of nitrogens with two attached hydrogens (primary N) is 1. The van der Waals surface area contributed by atoms with Crippen molar-refractivity contribution in [3.63, 3.8) is 0 Å². The molecule has 0 saturated carbocycles. The molecular weight excluding hydrogens is 384 g/mol. The zero-order chi connectivity index (χ0) is 20.2. The van der Waals surface area contributed by atoms with Crippen LogP contribution in [0.4, 0.5) is 23.0 Å². The van der Waals surface area contributed by atoms with Crippen molar-refractivity contribution in [3.05, 3.63) is 71.5 Å². The molecule has 2 heterocycles. The van der Waals surface area contributed by atoms with Gasteiger partial charge < -0.3 is 20.9 Å². The molecule has 150 valence electrons. The summed E-state index contributed by atoms with van der Waals surface area (Å²) < 4.78 is 0. The molecule has 0 spiro atoms. The average Bonchev–Trinajstić information content (AvgIpc) is 2.76. The van der Waals surface area contributed by atoms with E-state index >= 15 is 0 Å². The van der Waals surface area contributed by atoms with Gasteiger partial charge in [0.1, 0.15) is 12.0 Å². The van der Waals surface area contributed by atoms with Crippen molar-refractivity contribution in [2.24, 2.45) is 0 Å². The summed E-state index contributed by atoms with van der Waals surface area (Å²) in [5.41, 5.74) is 9.36. The van der Waals surface area contributed by atoms with Crippen molar-refractivity contribution in [3.8, 4) is 0 Å². The average molecular weight is 409 g/mol. The predicted octanol–water partition coefficient (Wildman–Crippen LogP) is 4.21. The largest absolute Gasteiger partial charge is 0.393 e. The van der Waals surface area contributed by atoms with Crippen LogP contribution in [0.5, 0.6) is 0 Å². The lowest BCUT2D eigenvalue weighted by atomic mass is 10.1. The molecule has 0 amide bonds. The molecule has 0 aliphatic carbocycles. The Kier molecular flexibility index (Phi) is 5.71. The highest BCUT2D eigenvalue weighted by Gasteiger charge is 2.22. The summed E-state index contributed by atoms with van der Waals surface area (Å²) >= 11 is 6.14. The predicted molar refractivity (Wildman–Crippen MR) is 121 cm³/mol. The van der Waals surface area contributed by atoms with Gasteiger partial charge in [-0.25, -0.2) is 9.97 Å². The Labute approximate surface area is 176 Å². The first-order valence-electron chi connectivity index (χ1n) is 9.79. The zero-order valence-electron chi connectivity index (χ0n) is 16.4. The van der Waals surface area contributed by atoms with Crippen LogP contribution in [-0.2, 0) is 0 Å². The van der Waals surface area contributed by atoms with Crippen LogP contribution in [-0.4, -0.2) is 36.1 Å². The third-order valence-corrected chi connectivity index (χ3v) is 5.50. The van der Waals surface area contributed by atoms with E-state index in [2.05, 4.69) is 50.2 Å². The Morgan fingerprint density at radius 3 is 2.41 bits per heavy atom. The zero-order valence-corrected chi connectivity index (χ0v) is 17.2. The SMILES string of the molecule is CC(Nc1ncnc(N2CCN(c3cccc(Cl)c3)CC2)c1N)c1ccccc1. The van der Waals surface area contributed by atoms with Gasteiger partial charge in [0.25, 0.3) is 0 Å². The third kappa shape index (κ3) is 4.38. The Hall–Kier alpha value is -2.99. The minimum absolute atomic E-state index is 0.0981. The van der Waals surface area contributed by atoms with E-state index in [0.717, 1.165) is 42.7 Å². The summed E-state index contributed by atoms with van der Waals surface area (Å²) in [4.78, 5) is 13.4. The van der Waals surface area contributed by atoms with Gasteiger partial charge in [-0.1, -0.05) is 48.0 Å². The summed E-state index contributed by atoms with van der Waals surface area (Å²) in [6.45, 7) is 5.53. The first-order chi connectivity index (χ1) is 14.1. The second-order valence-electron chi connectivity index (χ2n) is 7.19. The number of hydrogen-bond donors (Lipinski definition) is 2. The highest BCUT2D eigenvalue weighted by Crippen LogP contribution is 2.30. The second-order valence-corrected chi connectivity index (χ2v) is 7.63. The van der Waals surface area contributed by atoms with Gasteiger partial charge in [-0.2, -0.15) is 0 Å². The number of piperazine rings is 1. The number of rotatable bonds is 5. The molecule has 6 nitrogen and oxygen atoms in total. The standard InChI is InChI=1S/C22H25ClN6/c1-16(17-6-3-2-4-7-17)27-21-20(24)22(26-15-25-21)29-12-10-28(11-13-29)19-9-5-8-18(23)14-19/h2-9,14-16H,10-13,24H2,1H3,(H,25,26,27). The lowest BCUT2D eigenvalue weighted by Crippen LogP contribution is -2.47. The monoisotopic (exact) mass is 408 g/mol. The number of benzene rings is 2. The third-order valence-electron chi connectivity index (χ3n) is 5.27. The molecule has 1 aliphatic heterocycles. The summed E-state index contributed by atoms with van der Waals surface area (Å²) in [5, 5.41) is 4.18. The molecule has 7 heteroatoms. The fourth-order valence-electron chi connectivity index (χ4n) is 3.63. The molecule has 1 fully saturated rings. The van der Waals surface area contributed by atoms with Crippen LogP contribution in [0.3, 0.4) is 0 Å². The molecule has 0 bridgehead atoms. The van der Waals surface area contributed by atoms with Gasteiger partial charge in [0, 0.05) is 36.9 Å². The van der Waals surface area contributed by atoms with Crippen molar-refractivity contribution < 1.29 is 0 Å². The molecule has 1 atom stereocenters. The lowest BCUT2D eigenvalue weighted by molar-refractivity contribution is 0.647. The Morgan fingerprint density at radius 1 is 0.966 bits per heavy atom. The molecule has 0 radical (unpaired) electrons. The molecule has 1 unspecified atom stereocenters. The molecule has 1 aromatic heterocycles. The number of nitrogen functional groups attached to an aromatic ring is 1. The van der Waals surface area contributed by atoms with Crippen LogP contribution >= 0.6 is 11.6 Å². The van der Waals surface area contributed by atoms with Crippen molar-refractivity contribution >= 4 is 34.6 Å². The highest BCUT2D eigenvalue weighted by atomic mass is 35.5. The van der Waals surface area contributed by atoms with E-state index in [1.807, 2.05) is 36.4 Å². The number of anilines is 4. The Morgan fingerprint density at radius 2 is 1.69 bits per heavy atom. The topological polar surface area (TPSA) is 70.3 Å². The van der Waals surface area contributed by atoms with Crippen LogP contribution in [0, 0.1) is 0 Å². The van der Waals surface area contributed by atoms with E-state index in [1.54, 1.807) is 6.33 Å². The van der Waals surface area contributed by atoms with Crippen molar-refractivity contribution in [2.75, 3.05) is 47.0 Å². The minimum atomic E-state index is 0.0981. The normalized spacial score (nSPS) is 15.2. The highest BCUT2D eigenvalue weighted by molar-refractivity contribution is 6.30. The van der Waals surface area contributed by atoms with E-state index in [9.17, 15) is 0 Å². The van der Waals surface area contributed by atoms with Crippen LogP contribution in [0.1, 0.15) is 18.5 Å². The second kappa shape index (κ2) is 8.57. The van der Waals surface area contributed by atoms with Gasteiger partial charge in [-0.15, -0.1) is 0 Å². The molecule has 4 rings (SSSR count). The molecule has 3 aromatic rings. The van der Waals surface area contributed by atoms with E-state index < -0.39 is 0 Å². The van der Waals surface area contributed by atoms with Gasteiger partial charge in [-0.3, -0.25) is 0 Å². The molecule has 2 aromatic carbocycles.